The van der Waals surface area contributed by atoms with E-state index in [1.165, 1.54) is 0 Å². The van der Waals surface area contributed by atoms with Gasteiger partial charge in [0.2, 0.25) is 0 Å². The zero-order valence-corrected chi connectivity index (χ0v) is 13.8. The minimum absolute atomic E-state index is 0.0138. The van der Waals surface area contributed by atoms with Gasteiger partial charge in [0.05, 0.1) is 22.2 Å². The Morgan fingerprint density at radius 1 is 0.800 bits per heavy atom. The van der Waals surface area contributed by atoms with Gasteiger partial charge in [0.15, 0.2) is 0 Å². The summed E-state index contributed by atoms with van der Waals surface area (Å²) < 4.78 is 7.38. The second kappa shape index (κ2) is 7.22. The van der Waals surface area contributed by atoms with Crippen LogP contribution in [0, 0.1) is 0 Å². The number of rotatable bonds is 5. The van der Waals surface area contributed by atoms with Crippen LogP contribution in [-0.2, 0) is 19.8 Å². The number of hydrogen-bond acceptors (Lipinski definition) is 3. The number of hydrogen-bond donors (Lipinski definition) is 2. The molecule has 0 atom stereocenters. The van der Waals surface area contributed by atoms with Gasteiger partial charge in [-0.05, 0) is 60.7 Å². The molecule has 0 spiro atoms. The van der Waals surface area contributed by atoms with Crippen molar-refractivity contribution >= 4 is 31.9 Å². The van der Waals surface area contributed by atoms with Gasteiger partial charge in [0, 0.05) is 0 Å². The monoisotopic (exact) mass is 400 g/mol. The second-order valence-electron chi connectivity index (χ2n) is 4.31. The Hall–Kier alpha value is -0.880. The molecule has 0 unspecified atom stereocenters. The van der Waals surface area contributed by atoms with Crippen molar-refractivity contribution in [3.63, 3.8) is 0 Å². The zero-order valence-electron chi connectivity index (χ0n) is 10.6. The van der Waals surface area contributed by atoms with E-state index in [4.69, 9.17) is 14.9 Å². The van der Waals surface area contributed by atoms with Crippen molar-refractivity contribution in [2.24, 2.45) is 0 Å². The molecule has 0 heterocycles. The number of aliphatic hydroxyl groups excluding tert-OH is 2. The van der Waals surface area contributed by atoms with Crippen molar-refractivity contribution in [3.8, 4) is 5.75 Å². The van der Waals surface area contributed by atoms with Crippen LogP contribution in [0.15, 0.2) is 45.3 Å². The second-order valence-corrected chi connectivity index (χ2v) is 6.02. The number of ether oxygens (including phenoxy) is 1. The molecule has 0 aromatic heterocycles. The molecule has 5 heteroatoms. The third kappa shape index (κ3) is 3.82. The lowest BCUT2D eigenvalue weighted by Gasteiger charge is -2.12. The fraction of sp³-hybridized carbons (Fsp3) is 0.200. The summed E-state index contributed by atoms with van der Waals surface area (Å²) in [6.07, 6.45) is 0. The summed E-state index contributed by atoms with van der Waals surface area (Å²) in [6.45, 7) is 0.461. The van der Waals surface area contributed by atoms with E-state index in [0.29, 0.717) is 12.4 Å². The molecule has 0 radical (unpaired) electrons. The Morgan fingerprint density at radius 3 is 1.80 bits per heavy atom. The molecule has 2 aromatic carbocycles. The van der Waals surface area contributed by atoms with Gasteiger partial charge in [0.1, 0.15) is 12.4 Å². The molecule has 2 aromatic rings. The standard InChI is InChI=1S/C15H14Br2O3/c16-13-5-12(8-19)6-14(17)15(13)20-9-11-3-1-10(7-18)2-4-11/h1-6,18-19H,7-9H2. The van der Waals surface area contributed by atoms with E-state index in [1.807, 2.05) is 36.4 Å². The van der Waals surface area contributed by atoms with Gasteiger partial charge >= 0.3 is 0 Å². The Labute approximate surface area is 134 Å². The number of benzene rings is 2. The largest absolute Gasteiger partial charge is 0.487 e. The topological polar surface area (TPSA) is 49.7 Å². The van der Waals surface area contributed by atoms with Gasteiger partial charge in [-0.2, -0.15) is 0 Å². The summed E-state index contributed by atoms with van der Waals surface area (Å²) in [6, 6.07) is 11.3. The number of halogens is 2. The van der Waals surface area contributed by atoms with Crippen molar-refractivity contribution in [3.05, 3.63) is 62.0 Å². The van der Waals surface area contributed by atoms with Crippen LogP contribution in [0.3, 0.4) is 0 Å². The molecule has 20 heavy (non-hydrogen) atoms. The van der Waals surface area contributed by atoms with Crippen LogP contribution in [0.2, 0.25) is 0 Å². The fourth-order valence-corrected chi connectivity index (χ4v) is 3.25. The first-order valence-corrected chi connectivity index (χ1v) is 7.63. The molecule has 0 saturated carbocycles. The predicted octanol–water partition coefficient (Wildman–Crippen LogP) is 3.78. The van der Waals surface area contributed by atoms with E-state index in [9.17, 15) is 0 Å². The smallest absolute Gasteiger partial charge is 0.148 e. The van der Waals surface area contributed by atoms with Crippen molar-refractivity contribution in [1.82, 2.24) is 0 Å². The average molecular weight is 402 g/mol. The first kappa shape index (κ1) is 15.5. The van der Waals surface area contributed by atoms with Gasteiger partial charge in [0.25, 0.3) is 0 Å². The molecule has 2 rings (SSSR count). The van der Waals surface area contributed by atoms with E-state index in [1.54, 1.807) is 0 Å². The van der Waals surface area contributed by atoms with Gasteiger partial charge in [-0.15, -0.1) is 0 Å². The van der Waals surface area contributed by atoms with Crippen molar-refractivity contribution < 1.29 is 14.9 Å². The van der Waals surface area contributed by atoms with Crippen molar-refractivity contribution in [2.45, 2.75) is 19.8 Å². The van der Waals surface area contributed by atoms with Crippen LogP contribution in [0.5, 0.6) is 5.75 Å². The maximum absolute atomic E-state index is 9.13. The highest BCUT2D eigenvalue weighted by atomic mass is 79.9. The minimum Gasteiger partial charge on any atom is -0.487 e. The molecule has 0 aliphatic heterocycles. The SMILES string of the molecule is OCc1ccc(COc2c(Br)cc(CO)cc2Br)cc1. The molecular formula is C15H14Br2O3. The fourth-order valence-electron chi connectivity index (χ4n) is 1.74. The minimum atomic E-state index is -0.0138. The molecule has 0 bridgehead atoms. The van der Waals surface area contributed by atoms with Crippen molar-refractivity contribution in [1.29, 1.82) is 0 Å². The zero-order chi connectivity index (χ0) is 14.5. The lowest BCUT2D eigenvalue weighted by molar-refractivity contribution is 0.279. The van der Waals surface area contributed by atoms with E-state index in [0.717, 1.165) is 25.6 Å². The molecule has 2 N–H and O–H groups in total. The van der Waals surface area contributed by atoms with Gasteiger partial charge < -0.3 is 14.9 Å². The first-order chi connectivity index (χ1) is 9.63. The first-order valence-electron chi connectivity index (χ1n) is 6.04. The molecule has 0 aliphatic carbocycles. The Balaban J connectivity index is 2.10. The van der Waals surface area contributed by atoms with Crippen LogP contribution >= 0.6 is 31.9 Å². The molecular weight excluding hydrogens is 388 g/mol. The summed E-state index contributed by atoms with van der Waals surface area (Å²) in [5.41, 5.74) is 2.71. The lowest BCUT2D eigenvalue weighted by Crippen LogP contribution is -1.98. The number of aliphatic hydroxyl groups is 2. The van der Waals surface area contributed by atoms with E-state index >= 15 is 0 Å². The highest BCUT2D eigenvalue weighted by molar-refractivity contribution is 9.11. The molecule has 3 nitrogen and oxygen atoms in total. The van der Waals surface area contributed by atoms with Gasteiger partial charge in [-0.1, -0.05) is 24.3 Å². The molecule has 0 saturated heterocycles. The lowest BCUT2D eigenvalue weighted by atomic mass is 10.1. The molecule has 0 aliphatic rings. The van der Waals surface area contributed by atoms with Gasteiger partial charge in [-0.25, -0.2) is 0 Å². The summed E-state index contributed by atoms with van der Waals surface area (Å²) in [7, 11) is 0. The predicted molar refractivity (Wildman–Crippen MR) is 84.5 cm³/mol. The summed E-state index contributed by atoms with van der Waals surface area (Å²) >= 11 is 6.87. The van der Waals surface area contributed by atoms with Crippen LogP contribution in [-0.4, -0.2) is 10.2 Å². The molecule has 0 fully saturated rings. The summed E-state index contributed by atoms with van der Waals surface area (Å²) in [5.74, 6) is 0.702. The summed E-state index contributed by atoms with van der Waals surface area (Å²) in [5, 5.41) is 18.1. The Bertz CT molecular complexity index is 559. The van der Waals surface area contributed by atoms with Crippen LogP contribution in [0.4, 0.5) is 0 Å². The normalized spacial score (nSPS) is 10.6. The van der Waals surface area contributed by atoms with Crippen LogP contribution in [0.25, 0.3) is 0 Å². The third-order valence-electron chi connectivity index (χ3n) is 2.83. The van der Waals surface area contributed by atoms with E-state index in [2.05, 4.69) is 31.9 Å². The molecule has 106 valence electrons. The van der Waals surface area contributed by atoms with Crippen LogP contribution in [0.1, 0.15) is 16.7 Å². The van der Waals surface area contributed by atoms with E-state index in [-0.39, 0.29) is 13.2 Å². The van der Waals surface area contributed by atoms with Gasteiger partial charge in [-0.3, -0.25) is 0 Å². The summed E-state index contributed by atoms with van der Waals surface area (Å²) in [4.78, 5) is 0. The quantitative estimate of drug-likeness (QED) is 0.801. The third-order valence-corrected chi connectivity index (χ3v) is 4.01. The maximum atomic E-state index is 9.13. The van der Waals surface area contributed by atoms with E-state index < -0.39 is 0 Å². The highest BCUT2D eigenvalue weighted by Crippen LogP contribution is 2.35. The molecule has 0 amide bonds. The van der Waals surface area contributed by atoms with Crippen molar-refractivity contribution in [2.75, 3.05) is 0 Å². The maximum Gasteiger partial charge on any atom is 0.148 e. The van der Waals surface area contributed by atoms with Crippen LogP contribution < -0.4 is 4.74 Å². The average Bonchev–Trinajstić information content (AvgIpc) is 2.46. The highest BCUT2D eigenvalue weighted by Gasteiger charge is 2.09. The Morgan fingerprint density at radius 2 is 1.30 bits per heavy atom. The Kier molecular flexibility index (Phi) is 5.60.